The van der Waals surface area contributed by atoms with Crippen LogP contribution in [-0.2, 0) is 0 Å². The van der Waals surface area contributed by atoms with Crippen LogP contribution in [0.1, 0.15) is 0 Å². The summed E-state index contributed by atoms with van der Waals surface area (Å²) in [6, 6.07) is 18.1. The standard InChI is InChI=1S/C20H16FN3O/c1-25-16-7-2-4-13(10-16)19-12-17-18(24-19)8-9-22-20(17)23-15-6-3-5-14(21)11-15/h2-12,24H,1H3,(H,22,23). The van der Waals surface area contributed by atoms with Crippen molar-refractivity contribution in [3.8, 4) is 17.0 Å². The molecular weight excluding hydrogens is 317 g/mol. The molecule has 4 nitrogen and oxygen atoms in total. The molecule has 2 heterocycles. The van der Waals surface area contributed by atoms with Gasteiger partial charge in [0, 0.05) is 28.5 Å². The van der Waals surface area contributed by atoms with Gasteiger partial charge in [-0.25, -0.2) is 9.37 Å². The number of hydrogen-bond acceptors (Lipinski definition) is 3. The normalized spacial score (nSPS) is 10.8. The van der Waals surface area contributed by atoms with Crippen molar-refractivity contribution in [2.45, 2.75) is 0 Å². The molecule has 0 saturated heterocycles. The van der Waals surface area contributed by atoms with Gasteiger partial charge in [-0.1, -0.05) is 18.2 Å². The van der Waals surface area contributed by atoms with Crippen molar-refractivity contribution in [1.29, 1.82) is 0 Å². The molecule has 4 aromatic rings. The summed E-state index contributed by atoms with van der Waals surface area (Å²) in [4.78, 5) is 7.79. The number of hydrogen-bond donors (Lipinski definition) is 2. The van der Waals surface area contributed by atoms with Crippen molar-refractivity contribution in [3.05, 3.63) is 72.7 Å². The Bertz CT molecular complexity index is 1040. The third kappa shape index (κ3) is 3.04. The summed E-state index contributed by atoms with van der Waals surface area (Å²) in [6.07, 6.45) is 1.72. The average molecular weight is 333 g/mol. The second kappa shape index (κ2) is 6.28. The van der Waals surface area contributed by atoms with Gasteiger partial charge in [0.05, 0.1) is 12.6 Å². The van der Waals surface area contributed by atoms with Gasteiger partial charge >= 0.3 is 0 Å². The van der Waals surface area contributed by atoms with Gasteiger partial charge in [-0.15, -0.1) is 0 Å². The van der Waals surface area contributed by atoms with E-state index >= 15 is 0 Å². The van der Waals surface area contributed by atoms with Gasteiger partial charge in [0.1, 0.15) is 17.4 Å². The highest BCUT2D eigenvalue weighted by Gasteiger charge is 2.09. The van der Waals surface area contributed by atoms with Crippen molar-refractivity contribution in [3.63, 3.8) is 0 Å². The van der Waals surface area contributed by atoms with Crippen molar-refractivity contribution >= 4 is 22.4 Å². The third-order valence-electron chi connectivity index (χ3n) is 4.02. The number of methoxy groups -OCH3 is 1. The fourth-order valence-electron chi connectivity index (χ4n) is 2.80. The Balaban J connectivity index is 1.75. The molecule has 2 aromatic carbocycles. The molecule has 0 atom stereocenters. The molecule has 5 heteroatoms. The zero-order chi connectivity index (χ0) is 17.2. The summed E-state index contributed by atoms with van der Waals surface area (Å²) >= 11 is 0. The number of aromatic amines is 1. The first-order chi connectivity index (χ1) is 12.2. The Morgan fingerprint density at radius 1 is 1.04 bits per heavy atom. The molecule has 0 amide bonds. The van der Waals surface area contributed by atoms with Crippen molar-refractivity contribution < 1.29 is 9.13 Å². The summed E-state index contributed by atoms with van der Waals surface area (Å²) < 4.78 is 18.7. The molecule has 0 aliphatic carbocycles. The number of pyridine rings is 1. The SMILES string of the molecule is COc1cccc(-c2cc3c(Nc4cccc(F)c4)nccc3[nH]2)c1. The first-order valence-corrected chi connectivity index (χ1v) is 7.88. The topological polar surface area (TPSA) is 49.9 Å². The maximum absolute atomic E-state index is 13.4. The number of benzene rings is 2. The van der Waals surface area contributed by atoms with E-state index in [0.29, 0.717) is 11.5 Å². The molecule has 124 valence electrons. The molecule has 2 N–H and O–H groups in total. The number of nitrogens with zero attached hydrogens (tertiary/aromatic N) is 1. The van der Waals surface area contributed by atoms with Crippen LogP contribution in [0.3, 0.4) is 0 Å². The van der Waals surface area contributed by atoms with E-state index in [0.717, 1.165) is 27.9 Å². The van der Waals surface area contributed by atoms with E-state index in [4.69, 9.17) is 4.74 Å². The van der Waals surface area contributed by atoms with Crippen LogP contribution in [0.15, 0.2) is 66.9 Å². The molecule has 0 bridgehead atoms. The van der Waals surface area contributed by atoms with Gasteiger partial charge in [-0.2, -0.15) is 0 Å². The lowest BCUT2D eigenvalue weighted by molar-refractivity contribution is 0.415. The minimum absolute atomic E-state index is 0.289. The van der Waals surface area contributed by atoms with Crippen LogP contribution in [0.2, 0.25) is 0 Å². The van der Waals surface area contributed by atoms with Crippen LogP contribution < -0.4 is 10.1 Å². The largest absolute Gasteiger partial charge is 0.497 e. The average Bonchev–Trinajstić information content (AvgIpc) is 3.07. The number of ether oxygens (including phenoxy) is 1. The Morgan fingerprint density at radius 2 is 1.92 bits per heavy atom. The zero-order valence-electron chi connectivity index (χ0n) is 13.6. The monoisotopic (exact) mass is 333 g/mol. The summed E-state index contributed by atoms with van der Waals surface area (Å²) in [7, 11) is 1.65. The lowest BCUT2D eigenvalue weighted by Crippen LogP contribution is -1.94. The molecule has 0 fully saturated rings. The zero-order valence-corrected chi connectivity index (χ0v) is 13.6. The van der Waals surface area contributed by atoms with Crippen LogP contribution in [0.5, 0.6) is 5.75 Å². The lowest BCUT2D eigenvalue weighted by atomic mass is 10.1. The number of nitrogens with one attached hydrogen (secondary N) is 2. The lowest BCUT2D eigenvalue weighted by Gasteiger charge is -2.06. The number of aromatic nitrogens is 2. The number of anilines is 2. The molecule has 0 unspecified atom stereocenters. The molecular formula is C20H16FN3O. The first kappa shape index (κ1) is 15.2. The summed E-state index contributed by atoms with van der Waals surface area (Å²) in [5.74, 6) is 1.18. The number of rotatable bonds is 4. The van der Waals surface area contributed by atoms with Gasteiger partial charge < -0.3 is 15.0 Å². The van der Waals surface area contributed by atoms with E-state index in [9.17, 15) is 4.39 Å². The van der Waals surface area contributed by atoms with E-state index in [1.165, 1.54) is 12.1 Å². The smallest absolute Gasteiger partial charge is 0.139 e. The molecule has 0 aliphatic heterocycles. The number of halogens is 1. The molecule has 4 rings (SSSR count). The van der Waals surface area contributed by atoms with Gasteiger partial charge in [0.2, 0.25) is 0 Å². The van der Waals surface area contributed by atoms with Gasteiger partial charge in [0.25, 0.3) is 0 Å². The second-order valence-electron chi connectivity index (χ2n) is 5.67. The predicted molar refractivity (Wildman–Crippen MR) is 97.8 cm³/mol. The molecule has 0 radical (unpaired) electrons. The Morgan fingerprint density at radius 3 is 2.76 bits per heavy atom. The predicted octanol–water partition coefficient (Wildman–Crippen LogP) is 5.12. The molecule has 25 heavy (non-hydrogen) atoms. The Kier molecular flexibility index (Phi) is 3.82. The summed E-state index contributed by atoms with van der Waals surface area (Å²) in [5.41, 5.74) is 3.59. The van der Waals surface area contributed by atoms with E-state index in [2.05, 4.69) is 15.3 Å². The Labute approximate surface area is 144 Å². The Hall–Kier alpha value is -3.34. The van der Waals surface area contributed by atoms with E-state index < -0.39 is 0 Å². The van der Waals surface area contributed by atoms with Crippen molar-refractivity contribution in [1.82, 2.24) is 9.97 Å². The summed E-state index contributed by atoms with van der Waals surface area (Å²) in [6.45, 7) is 0. The van der Waals surface area contributed by atoms with Crippen LogP contribution in [-0.4, -0.2) is 17.1 Å². The second-order valence-corrected chi connectivity index (χ2v) is 5.67. The first-order valence-electron chi connectivity index (χ1n) is 7.88. The number of H-pyrrole nitrogens is 1. The number of fused-ring (bicyclic) bond motifs is 1. The highest BCUT2D eigenvalue weighted by atomic mass is 19.1. The van der Waals surface area contributed by atoms with E-state index in [1.54, 1.807) is 25.4 Å². The van der Waals surface area contributed by atoms with Crippen LogP contribution in [0, 0.1) is 5.82 Å². The van der Waals surface area contributed by atoms with Gasteiger partial charge in [-0.05, 0) is 42.5 Å². The highest BCUT2D eigenvalue weighted by Crippen LogP contribution is 2.30. The minimum Gasteiger partial charge on any atom is -0.497 e. The molecule has 0 aliphatic rings. The fourth-order valence-corrected chi connectivity index (χ4v) is 2.80. The highest BCUT2D eigenvalue weighted by molar-refractivity contribution is 5.95. The maximum Gasteiger partial charge on any atom is 0.139 e. The quantitative estimate of drug-likeness (QED) is 0.545. The summed E-state index contributed by atoms with van der Waals surface area (Å²) in [5, 5.41) is 4.11. The van der Waals surface area contributed by atoms with Crippen LogP contribution >= 0.6 is 0 Å². The van der Waals surface area contributed by atoms with Crippen LogP contribution in [0.25, 0.3) is 22.2 Å². The minimum atomic E-state index is -0.289. The van der Waals surface area contributed by atoms with Gasteiger partial charge in [-0.3, -0.25) is 0 Å². The van der Waals surface area contributed by atoms with Crippen LogP contribution in [0.4, 0.5) is 15.9 Å². The van der Waals surface area contributed by atoms with E-state index in [1.807, 2.05) is 36.4 Å². The third-order valence-corrected chi connectivity index (χ3v) is 4.02. The van der Waals surface area contributed by atoms with Gasteiger partial charge in [0.15, 0.2) is 0 Å². The van der Waals surface area contributed by atoms with Crippen molar-refractivity contribution in [2.75, 3.05) is 12.4 Å². The molecule has 2 aromatic heterocycles. The molecule has 0 spiro atoms. The fraction of sp³-hybridized carbons (Fsp3) is 0.0500. The van der Waals surface area contributed by atoms with Crippen molar-refractivity contribution in [2.24, 2.45) is 0 Å². The van der Waals surface area contributed by atoms with E-state index in [-0.39, 0.29) is 5.82 Å². The maximum atomic E-state index is 13.4. The molecule has 0 saturated carbocycles.